The Morgan fingerprint density at radius 2 is 1.05 bits per heavy atom. The Morgan fingerprint density at radius 1 is 0.568 bits per heavy atom. The predicted octanol–water partition coefficient (Wildman–Crippen LogP) is 0.418. The van der Waals surface area contributed by atoms with Crippen LogP contribution >= 0.6 is 11.8 Å². The van der Waals surface area contributed by atoms with Crippen molar-refractivity contribution < 1.29 is 47.9 Å². The fraction of sp³-hybridized carbons (Fsp3) is 0.380. The molecule has 0 aliphatic carbocycles. The number of nitrogens with zero attached hydrogens (tertiary/aromatic N) is 10. The molecule has 0 unspecified atom stereocenters. The van der Waals surface area contributed by atoms with Gasteiger partial charge in [-0.05, 0) is 51.7 Å². The zero-order valence-electron chi connectivity index (χ0n) is 45.8. The number of thioether (sulfide) groups is 1. The molecule has 7 rings (SSSR count). The van der Waals surface area contributed by atoms with Crippen molar-refractivity contribution in [2.24, 2.45) is 42.3 Å². The Balaban J connectivity index is 1.07. The van der Waals surface area contributed by atoms with Gasteiger partial charge in [-0.2, -0.15) is 0 Å². The summed E-state index contributed by atoms with van der Waals surface area (Å²) in [6, 6.07) is 3.12. The summed E-state index contributed by atoms with van der Waals surface area (Å²) in [5.41, 5.74) is 1.24. The molecule has 6 aromatic rings. The first kappa shape index (κ1) is 59.1. The van der Waals surface area contributed by atoms with E-state index >= 15 is 0 Å². The normalized spacial score (nSPS) is 15.7. The molecule has 12 bridgehead atoms. The van der Waals surface area contributed by atoms with Crippen LogP contribution in [0.1, 0.15) is 89.0 Å². The van der Waals surface area contributed by atoms with Crippen molar-refractivity contribution in [3.63, 3.8) is 0 Å². The van der Waals surface area contributed by atoms with E-state index in [9.17, 15) is 47.9 Å². The Bertz CT molecular complexity index is 3390. The van der Waals surface area contributed by atoms with E-state index in [1.807, 2.05) is 19.0 Å². The fourth-order valence-corrected chi connectivity index (χ4v) is 9.12. The highest BCUT2D eigenvalue weighted by Gasteiger charge is 2.26. The number of fused-ring (bicyclic) bond motifs is 12. The van der Waals surface area contributed by atoms with Crippen molar-refractivity contribution >= 4 is 105 Å². The summed E-state index contributed by atoms with van der Waals surface area (Å²) in [7, 11) is 13.2. The van der Waals surface area contributed by atoms with Gasteiger partial charge in [-0.1, -0.05) is 0 Å². The maximum absolute atomic E-state index is 13.9. The standard InChI is InChI=1S/C50H64N20O10S/c1-64(2)16-10-14-51-38(71)12-15-53-44(74)31-26-81-27-40(73)58-35-23-69(7)42(59-35)49(79)63-37-25-70(8)43(61-37)50(80)62-36-24-68(6)41(60-36)48(78)52-13-9-11-39(72)54-28-17-32(65(3)20-28)45(75)55-29-18-33(66(4)21-29)46(76)56-30-19-34(47(77)57-31)67(5)22-30/h17-25,31H,9-16,26-27H2,1-8H3,(H,51,71)(H,52,78)(H,53,74)(H,54,72)(H,55,75)(H,56,76)(H,57,77)(H,58,73)(H,62,80)(H,63,79)/t31-/m0/s1. The van der Waals surface area contributed by atoms with Gasteiger partial charge in [0.05, 0.1) is 22.8 Å². The van der Waals surface area contributed by atoms with Crippen molar-refractivity contribution in [3.8, 4) is 0 Å². The van der Waals surface area contributed by atoms with Gasteiger partial charge >= 0.3 is 0 Å². The van der Waals surface area contributed by atoms with E-state index in [2.05, 4.69) is 68.1 Å². The number of amides is 10. The van der Waals surface area contributed by atoms with Crippen LogP contribution < -0.4 is 53.2 Å². The van der Waals surface area contributed by atoms with E-state index < -0.39 is 53.3 Å². The molecule has 0 saturated heterocycles. The van der Waals surface area contributed by atoms with Crippen LogP contribution in [0.4, 0.5) is 34.5 Å². The number of imidazole rings is 3. The Labute approximate surface area is 467 Å². The lowest BCUT2D eigenvalue weighted by Gasteiger charge is -2.18. The number of hydrogen-bond acceptors (Lipinski definition) is 15. The van der Waals surface area contributed by atoms with E-state index in [1.165, 1.54) is 90.7 Å². The van der Waals surface area contributed by atoms with Crippen LogP contribution in [-0.2, 0) is 61.5 Å². The summed E-state index contributed by atoms with van der Waals surface area (Å²) in [6.45, 7) is 1.28. The van der Waals surface area contributed by atoms with Crippen LogP contribution in [0.2, 0.25) is 0 Å². The first-order valence-electron chi connectivity index (χ1n) is 25.3. The van der Waals surface area contributed by atoms with E-state index in [0.717, 1.165) is 24.7 Å². The Hall–Kier alpha value is -9.52. The molecule has 1 atom stereocenters. The molecule has 10 N–H and O–H groups in total. The molecule has 0 saturated carbocycles. The van der Waals surface area contributed by atoms with Crippen molar-refractivity contribution in [2.45, 2.75) is 31.7 Å². The molecule has 1 aliphatic heterocycles. The summed E-state index contributed by atoms with van der Waals surface area (Å²) >= 11 is 1.01. The molecule has 81 heavy (non-hydrogen) atoms. The summed E-state index contributed by atoms with van der Waals surface area (Å²) < 4.78 is 8.58. The van der Waals surface area contributed by atoms with Crippen LogP contribution in [0.25, 0.3) is 0 Å². The highest BCUT2D eigenvalue weighted by Crippen LogP contribution is 2.21. The summed E-state index contributed by atoms with van der Waals surface area (Å²) in [6.07, 6.45) is 9.74. The number of rotatable bonds is 8. The van der Waals surface area contributed by atoms with Gasteiger partial charge in [0, 0.05) is 118 Å². The molecule has 0 fully saturated rings. The first-order chi connectivity index (χ1) is 38.5. The molecule has 0 aromatic carbocycles. The summed E-state index contributed by atoms with van der Waals surface area (Å²) in [5.74, 6) is -6.26. The third-order valence-corrected chi connectivity index (χ3v) is 13.3. The third kappa shape index (κ3) is 15.8. The minimum Gasteiger partial charge on any atom is -0.356 e. The maximum atomic E-state index is 13.9. The van der Waals surface area contributed by atoms with E-state index in [1.54, 1.807) is 34.4 Å². The lowest BCUT2D eigenvalue weighted by atomic mass is 10.2. The Morgan fingerprint density at radius 3 is 1.57 bits per heavy atom. The largest absolute Gasteiger partial charge is 0.356 e. The van der Waals surface area contributed by atoms with Gasteiger partial charge in [-0.3, -0.25) is 47.9 Å². The second-order valence-corrected chi connectivity index (χ2v) is 20.2. The molecule has 6 aromatic heterocycles. The minimum absolute atomic E-state index is 0.0109. The smallest absolute Gasteiger partial charge is 0.292 e. The van der Waals surface area contributed by atoms with Gasteiger partial charge < -0.3 is 85.5 Å². The van der Waals surface area contributed by atoms with E-state index in [0.29, 0.717) is 12.2 Å². The van der Waals surface area contributed by atoms with E-state index in [4.69, 9.17) is 0 Å². The van der Waals surface area contributed by atoms with Crippen LogP contribution in [0.15, 0.2) is 55.4 Å². The number of aromatic nitrogens is 9. The highest BCUT2D eigenvalue weighted by molar-refractivity contribution is 8.00. The molecule has 430 valence electrons. The maximum Gasteiger partial charge on any atom is 0.292 e. The lowest BCUT2D eigenvalue weighted by Crippen LogP contribution is -2.49. The minimum atomic E-state index is -1.22. The lowest BCUT2D eigenvalue weighted by molar-refractivity contribution is -0.123. The zero-order valence-corrected chi connectivity index (χ0v) is 46.6. The molecule has 0 radical (unpaired) electrons. The van der Waals surface area contributed by atoms with Crippen molar-refractivity contribution in [3.05, 3.63) is 89.9 Å². The van der Waals surface area contributed by atoms with Gasteiger partial charge in [0.1, 0.15) is 23.1 Å². The highest BCUT2D eigenvalue weighted by atomic mass is 32.2. The van der Waals surface area contributed by atoms with Gasteiger partial charge in [0.15, 0.2) is 17.5 Å². The third-order valence-electron chi connectivity index (χ3n) is 12.3. The molecule has 7 heterocycles. The second kappa shape index (κ2) is 26.4. The predicted molar refractivity (Wildman–Crippen MR) is 299 cm³/mol. The molecule has 1 aliphatic rings. The molecular formula is C50H64N20O10S. The summed E-state index contributed by atoms with van der Waals surface area (Å²) in [5, 5.41) is 27.0. The van der Waals surface area contributed by atoms with Crippen molar-refractivity contribution in [1.82, 2.24) is 68.5 Å². The Kier molecular flexibility index (Phi) is 19.3. The molecular weight excluding hydrogens is 1070 g/mol. The quantitative estimate of drug-likeness (QED) is 0.0924. The van der Waals surface area contributed by atoms with E-state index in [-0.39, 0.29) is 119 Å². The number of nitrogens with one attached hydrogen (secondary N) is 10. The van der Waals surface area contributed by atoms with Crippen LogP contribution in [-0.4, -0.2) is 164 Å². The topological polar surface area (TPSA) is 362 Å². The van der Waals surface area contributed by atoms with Gasteiger partial charge in [-0.25, -0.2) is 15.0 Å². The average Bonchev–Trinajstić information content (AvgIpc) is 4.42. The molecule has 10 amide bonds. The second-order valence-electron chi connectivity index (χ2n) is 19.2. The zero-order chi connectivity index (χ0) is 58.7. The number of hydrogen-bond donors (Lipinski definition) is 10. The van der Waals surface area contributed by atoms with Crippen molar-refractivity contribution in [1.29, 1.82) is 0 Å². The first-order valence-corrected chi connectivity index (χ1v) is 26.5. The molecule has 30 nitrogen and oxygen atoms in total. The van der Waals surface area contributed by atoms with Gasteiger partial charge in [-0.15, -0.1) is 11.8 Å². The van der Waals surface area contributed by atoms with Crippen LogP contribution in [0.3, 0.4) is 0 Å². The van der Waals surface area contributed by atoms with Crippen LogP contribution in [0, 0.1) is 0 Å². The SMILES string of the molecule is CN(C)CCCNC(=O)CCNC(=O)[C@@H]1CSCC(=O)Nc2cn(C)c(n2)C(=O)Nc2cn(C)c(n2)C(=O)Nc2cn(C)c(n2)C(=O)NCCCC(=O)Nc2cc(n(C)c2)C(=O)Nc2cc(n(C)c2)C(=O)Nc2cc(n(C)c2)C(=O)N1. The number of aryl methyl sites for hydroxylation is 6. The fourth-order valence-electron chi connectivity index (χ4n) is 8.27. The van der Waals surface area contributed by atoms with Gasteiger partial charge in [0.2, 0.25) is 41.1 Å². The summed E-state index contributed by atoms with van der Waals surface area (Å²) in [4.78, 5) is 148. The van der Waals surface area contributed by atoms with Crippen molar-refractivity contribution in [2.75, 3.05) is 83.7 Å². The molecule has 0 spiro atoms. The number of carbonyl (C=O) groups excluding carboxylic acids is 10. The van der Waals surface area contributed by atoms with Gasteiger partial charge in [0.25, 0.3) is 35.4 Å². The molecule has 31 heteroatoms. The monoisotopic (exact) mass is 1140 g/mol. The van der Waals surface area contributed by atoms with Crippen LogP contribution in [0.5, 0.6) is 0 Å². The number of carbonyl (C=O) groups is 10. The number of anilines is 6. The average molecular weight is 1140 g/mol.